The summed E-state index contributed by atoms with van der Waals surface area (Å²) in [5.41, 5.74) is 6.31. The van der Waals surface area contributed by atoms with Gasteiger partial charge in [0, 0.05) is 49.6 Å². The Labute approximate surface area is 156 Å². The maximum atomic E-state index is 12.7. The lowest BCUT2D eigenvalue weighted by molar-refractivity contribution is -0.384. The van der Waals surface area contributed by atoms with E-state index in [1.54, 1.807) is 0 Å². The molecule has 0 bridgehead atoms. The first-order valence-electron chi connectivity index (χ1n) is 8.18. The zero-order valence-electron chi connectivity index (χ0n) is 14.3. The zero-order chi connectivity index (χ0) is 19.6. The molecule has 0 radical (unpaired) electrons. The number of sulfonamides is 1. The van der Waals surface area contributed by atoms with Gasteiger partial charge in [-0.3, -0.25) is 14.9 Å². The predicted octanol–water partition coefficient (Wildman–Crippen LogP) is 1.32. The minimum Gasteiger partial charge on any atom is -0.399 e. The van der Waals surface area contributed by atoms with Crippen molar-refractivity contribution in [3.05, 3.63) is 64.2 Å². The number of carbonyl (C=O) groups is 1. The first-order chi connectivity index (χ1) is 12.8. The number of carbonyl (C=O) groups excluding carboxylic acids is 1. The molecule has 2 N–H and O–H groups in total. The van der Waals surface area contributed by atoms with Gasteiger partial charge in [0.15, 0.2) is 0 Å². The van der Waals surface area contributed by atoms with Crippen LogP contribution in [-0.2, 0) is 10.0 Å². The second-order valence-electron chi connectivity index (χ2n) is 6.07. The molecule has 1 heterocycles. The molecule has 1 aliphatic rings. The summed E-state index contributed by atoms with van der Waals surface area (Å²) in [6, 6.07) is 11.3. The summed E-state index contributed by atoms with van der Waals surface area (Å²) in [6.07, 6.45) is 0. The number of piperazine rings is 1. The smallest absolute Gasteiger partial charge is 0.269 e. The van der Waals surface area contributed by atoms with Gasteiger partial charge in [0.2, 0.25) is 10.0 Å². The first kappa shape index (κ1) is 18.8. The summed E-state index contributed by atoms with van der Waals surface area (Å²) in [6.45, 7) is 0.824. The molecule has 1 aliphatic heterocycles. The van der Waals surface area contributed by atoms with Crippen LogP contribution < -0.4 is 5.73 Å². The van der Waals surface area contributed by atoms with Gasteiger partial charge in [-0.05, 0) is 36.4 Å². The average molecular weight is 390 g/mol. The van der Waals surface area contributed by atoms with E-state index in [0.29, 0.717) is 11.3 Å². The third-order valence-electron chi connectivity index (χ3n) is 4.37. The van der Waals surface area contributed by atoms with Gasteiger partial charge < -0.3 is 10.6 Å². The topological polar surface area (TPSA) is 127 Å². The lowest BCUT2D eigenvalue weighted by Gasteiger charge is -2.34. The molecule has 1 saturated heterocycles. The summed E-state index contributed by atoms with van der Waals surface area (Å²) in [7, 11) is -3.64. The number of nitrogen functional groups attached to an aromatic ring is 1. The van der Waals surface area contributed by atoms with E-state index in [-0.39, 0.29) is 42.7 Å². The van der Waals surface area contributed by atoms with E-state index in [1.165, 1.54) is 57.7 Å². The highest BCUT2D eigenvalue weighted by molar-refractivity contribution is 7.89. The van der Waals surface area contributed by atoms with Gasteiger partial charge in [0.05, 0.1) is 9.82 Å². The predicted molar refractivity (Wildman–Crippen MR) is 98.6 cm³/mol. The largest absolute Gasteiger partial charge is 0.399 e. The Hall–Kier alpha value is -2.98. The minimum absolute atomic E-state index is 0.0917. The molecule has 3 rings (SSSR count). The Bertz CT molecular complexity index is 950. The fourth-order valence-electron chi connectivity index (χ4n) is 2.83. The number of nitrogens with zero attached hydrogens (tertiary/aromatic N) is 3. The molecule has 27 heavy (non-hydrogen) atoms. The molecule has 9 nitrogen and oxygen atoms in total. The van der Waals surface area contributed by atoms with Crippen LogP contribution in [0.5, 0.6) is 0 Å². The Morgan fingerprint density at radius 1 is 0.963 bits per heavy atom. The standard InChI is InChI=1S/C17H18N4O5S/c18-14-3-7-16(8-4-14)27(25,26)20-11-9-19(10-12-20)17(22)13-1-5-15(6-2-13)21(23)24/h1-8H,9-12,18H2. The second-order valence-corrected chi connectivity index (χ2v) is 8.01. The summed E-state index contributed by atoms with van der Waals surface area (Å²) >= 11 is 0. The lowest BCUT2D eigenvalue weighted by Crippen LogP contribution is -2.50. The Morgan fingerprint density at radius 3 is 2.04 bits per heavy atom. The highest BCUT2D eigenvalue weighted by atomic mass is 32.2. The number of anilines is 1. The van der Waals surface area contributed by atoms with Crippen LogP contribution in [0.2, 0.25) is 0 Å². The highest BCUT2D eigenvalue weighted by Gasteiger charge is 2.30. The first-order valence-corrected chi connectivity index (χ1v) is 9.62. The van der Waals surface area contributed by atoms with E-state index >= 15 is 0 Å². The number of rotatable bonds is 4. The molecule has 0 unspecified atom stereocenters. The fraction of sp³-hybridized carbons (Fsp3) is 0.235. The van der Waals surface area contributed by atoms with Crippen molar-refractivity contribution in [2.75, 3.05) is 31.9 Å². The maximum absolute atomic E-state index is 12.7. The molecule has 2 aromatic rings. The van der Waals surface area contributed by atoms with Gasteiger partial charge >= 0.3 is 0 Å². The summed E-state index contributed by atoms with van der Waals surface area (Å²) in [5.74, 6) is -0.283. The molecule has 10 heteroatoms. The van der Waals surface area contributed by atoms with E-state index in [0.717, 1.165) is 0 Å². The van der Waals surface area contributed by atoms with E-state index in [1.807, 2.05) is 0 Å². The van der Waals surface area contributed by atoms with Crippen LogP contribution in [0.3, 0.4) is 0 Å². The summed E-state index contributed by atoms with van der Waals surface area (Å²) in [4.78, 5) is 24.4. The number of nitro groups is 1. The number of nitro benzene ring substituents is 1. The number of hydrogen-bond donors (Lipinski definition) is 1. The van der Waals surface area contributed by atoms with Crippen molar-refractivity contribution in [3.63, 3.8) is 0 Å². The maximum Gasteiger partial charge on any atom is 0.269 e. The van der Waals surface area contributed by atoms with Gasteiger partial charge in [0.25, 0.3) is 11.6 Å². The Balaban J connectivity index is 1.66. The highest BCUT2D eigenvalue weighted by Crippen LogP contribution is 2.20. The van der Waals surface area contributed by atoms with Crippen LogP contribution >= 0.6 is 0 Å². The molecular weight excluding hydrogens is 372 g/mol. The monoisotopic (exact) mass is 390 g/mol. The van der Waals surface area contributed by atoms with Gasteiger partial charge in [-0.2, -0.15) is 4.31 Å². The SMILES string of the molecule is Nc1ccc(S(=O)(=O)N2CCN(C(=O)c3ccc([N+](=O)[O-])cc3)CC2)cc1. The molecule has 0 saturated carbocycles. The quantitative estimate of drug-likeness (QED) is 0.477. The zero-order valence-corrected chi connectivity index (χ0v) is 15.1. The minimum atomic E-state index is -3.64. The van der Waals surface area contributed by atoms with E-state index < -0.39 is 14.9 Å². The fourth-order valence-corrected chi connectivity index (χ4v) is 4.25. The van der Waals surface area contributed by atoms with Crippen LogP contribution in [-0.4, -0.2) is 54.6 Å². The molecule has 1 fully saturated rings. The van der Waals surface area contributed by atoms with Crippen molar-refractivity contribution in [2.45, 2.75) is 4.90 Å². The molecule has 142 valence electrons. The van der Waals surface area contributed by atoms with E-state index in [4.69, 9.17) is 5.73 Å². The number of nitrogens with two attached hydrogens (primary N) is 1. The van der Waals surface area contributed by atoms with Crippen LogP contribution in [0.1, 0.15) is 10.4 Å². The normalized spacial score (nSPS) is 15.5. The van der Waals surface area contributed by atoms with Gasteiger partial charge in [0.1, 0.15) is 0 Å². The van der Waals surface area contributed by atoms with Crippen molar-refractivity contribution in [3.8, 4) is 0 Å². The molecule has 1 amide bonds. The summed E-state index contributed by atoms with van der Waals surface area (Å²) < 4.78 is 26.7. The van der Waals surface area contributed by atoms with E-state index in [2.05, 4.69) is 0 Å². The molecule has 0 spiro atoms. The van der Waals surface area contributed by atoms with Crippen molar-refractivity contribution in [1.82, 2.24) is 9.21 Å². The van der Waals surface area contributed by atoms with Crippen molar-refractivity contribution in [1.29, 1.82) is 0 Å². The molecule has 0 atom stereocenters. The van der Waals surface area contributed by atoms with Crippen molar-refractivity contribution in [2.24, 2.45) is 0 Å². The van der Waals surface area contributed by atoms with Crippen molar-refractivity contribution < 1.29 is 18.1 Å². The average Bonchev–Trinajstić information content (AvgIpc) is 2.68. The lowest BCUT2D eigenvalue weighted by atomic mass is 10.1. The molecule has 0 aromatic heterocycles. The second kappa shape index (κ2) is 7.33. The number of non-ortho nitro benzene ring substituents is 1. The van der Waals surface area contributed by atoms with Gasteiger partial charge in [-0.1, -0.05) is 0 Å². The summed E-state index contributed by atoms with van der Waals surface area (Å²) in [5, 5.41) is 10.7. The van der Waals surface area contributed by atoms with E-state index in [9.17, 15) is 23.3 Å². The Morgan fingerprint density at radius 2 is 1.52 bits per heavy atom. The van der Waals surface area contributed by atoms with Crippen molar-refractivity contribution >= 4 is 27.3 Å². The van der Waals surface area contributed by atoms with Crippen LogP contribution in [0, 0.1) is 10.1 Å². The number of amides is 1. The third-order valence-corrected chi connectivity index (χ3v) is 6.28. The molecule has 0 aliphatic carbocycles. The van der Waals surface area contributed by atoms with Crippen LogP contribution in [0.25, 0.3) is 0 Å². The third kappa shape index (κ3) is 3.91. The van der Waals surface area contributed by atoms with Gasteiger partial charge in [-0.25, -0.2) is 8.42 Å². The van der Waals surface area contributed by atoms with Crippen LogP contribution in [0.15, 0.2) is 53.4 Å². The van der Waals surface area contributed by atoms with Gasteiger partial charge in [-0.15, -0.1) is 0 Å². The Kier molecular flexibility index (Phi) is 5.10. The number of hydrogen-bond acceptors (Lipinski definition) is 6. The number of benzene rings is 2. The van der Waals surface area contributed by atoms with Crippen LogP contribution in [0.4, 0.5) is 11.4 Å². The molecule has 2 aromatic carbocycles. The molecular formula is C17H18N4O5S.